The first-order valence-corrected chi connectivity index (χ1v) is 5.89. The molecule has 0 unspecified atom stereocenters. The highest BCUT2D eigenvalue weighted by Gasteiger charge is 2.17. The second-order valence-corrected chi connectivity index (χ2v) is 4.30. The van der Waals surface area contributed by atoms with Crippen molar-refractivity contribution in [2.45, 2.75) is 6.42 Å². The summed E-state index contributed by atoms with van der Waals surface area (Å²) in [6, 6.07) is 2.81. The van der Waals surface area contributed by atoms with Gasteiger partial charge in [0.1, 0.15) is 17.4 Å². The molecule has 1 heterocycles. The van der Waals surface area contributed by atoms with Crippen LogP contribution in [-0.4, -0.2) is 23.2 Å². The fourth-order valence-corrected chi connectivity index (χ4v) is 1.85. The van der Waals surface area contributed by atoms with E-state index >= 15 is 0 Å². The Balaban J connectivity index is 2.42. The van der Waals surface area contributed by atoms with E-state index in [0.29, 0.717) is 0 Å². The lowest BCUT2D eigenvalue weighted by Gasteiger charge is -2.08. The second kappa shape index (κ2) is 5.74. The topological polar surface area (TPSA) is 79.4 Å². The van der Waals surface area contributed by atoms with Crippen molar-refractivity contribution in [1.82, 2.24) is 4.98 Å². The summed E-state index contributed by atoms with van der Waals surface area (Å²) in [5, 5.41) is 9.80. The van der Waals surface area contributed by atoms with Crippen LogP contribution in [0.25, 0.3) is 0 Å². The smallest absolute Gasteiger partial charge is 0.340 e. The number of hydrogen-bond acceptors (Lipinski definition) is 4. The Hall–Kier alpha value is -2.70. The maximum absolute atomic E-state index is 13.8. The average Bonchev–Trinajstić information content (AvgIpc) is 2.45. The van der Waals surface area contributed by atoms with Crippen molar-refractivity contribution in [3.63, 3.8) is 0 Å². The molecular weight excluding hydrogens is 284 g/mol. The Bertz CT molecular complexity index is 755. The zero-order valence-corrected chi connectivity index (χ0v) is 10.9. The summed E-state index contributed by atoms with van der Waals surface area (Å²) in [7, 11) is 1.08. The molecule has 0 aliphatic carbocycles. The molecule has 5 nitrogen and oxygen atoms in total. The Morgan fingerprint density at radius 3 is 2.67 bits per heavy atom. The van der Waals surface area contributed by atoms with Gasteiger partial charge in [0, 0.05) is 23.7 Å². The third-order valence-corrected chi connectivity index (χ3v) is 2.90. The van der Waals surface area contributed by atoms with Crippen molar-refractivity contribution in [2.24, 2.45) is 0 Å². The zero-order chi connectivity index (χ0) is 15.6. The van der Waals surface area contributed by atoms with E-state index in [9.17, 15) is 23.5 Å². The standard InChI is InChI=1S/C14H11F2NO4/c1-21-14(20)10-5-12(18)7(4-11(10)16)2-8-3-9(15)6-17-13(8)19/h3-6,18H,2H2,1H3,(H,17,19). The van der Waals surface area contributed by atoms with Crippen molar-refractivity contribution in [3.05, 3.63) is 63.1 Å². The van der Waals surface area contributed by atoms with E-state index in [0.717, 1.165) is 31.5 Å². The van der Waals surface area contributed by atoms with Crippen LogP contribution in [0.5, 0.6) is 5.75 Å². The number of phenolic OH excluding ortho intramolecular Hbond substituents is 1. The number of ether oxygens (including phenoxy) is 1. The first kappa shape index (κ1) is 14.7. The Morgan fingerprint density at radius 1 is 1.29 bits per heavy atom. The minimum Gasteiger partial charge on any atom is -0.508 e. The van der Waals surface area contributed by atoms with E-state index in [1.54, 1.807) is 0 Å². The summed E-state index contributed by atoms with van der Waals surface area (Å²) in [5.74, 6) is -2.88. The largest absolute Gasteiger partial charge is 0.508 e. The molecular formula is C14H11F2NO4. The number of pyridine rings is 1. The number of H-pyrrole nitrogens is 1. The number of phenols is 1. The molecule has 0 aliphatic heterocycles. The van der Waals surface area contributed by atoms with Crippen LogP contribution in [0, 0.1) is 11.6 Å². The Morgan fingerprint density at radius 2 is 2.00 bits per heavy atom. The number of aromatic amines is 1. The van der Waals surface area contributed by atoms with Crippen molar-refractivity contribution in [3.8, 4) is 5.75 Å². The molecule has 2 aromatic rings. The van der Waals surface area contributed by atoms with Gasteiger partial charge in [0.15, 0.2) is 0 Å². The van der Waals surface area contributed by atoms with Gasteiger partial charge in [0.2, 0.25) is 0 Å². The maximum Gasteiger partial charge on any atom is 0.340 e. The van der Waals surface area contributed by atoms with Gasteiger partial charge in [-0.2, -0.15) is 0 Å². The van der Waals surface area contributed by atoms with E-state index in [2.05, 4.69) is 9.72 Å². The third kappa shape index (κ3) is 3.07. The highest BCUT2D eigenvalue weighted by atomic mass is 19.1. The molecule has 0 aliphatic rings. The molecule has 0 saturated carbocycles. The van der Waals surface area contributed by atoms with Gasteiger partial charge in [0.05, 0.1) is 12.7 Å². The van der Waals surface area contributed by atoms with Gasteiger partial charge in [-0.1, -0.05) is 0 Å². The number of halogens is 2. The van der Waals surface area contributed by atoms with E-state index < -0.39 is 28.7 Å². The average molecular weight is 295 g/mol. The molecule has 2 rings (SSSR count). The molecule has 0 atom stereocenters. The number of methoxy groups -OCH3 is 1. The lowest BCUT2D eigenvalue weighted by Crippen LogP contribution is -2.13. The van der Waals surface area contributed by atoms with E-state index in [-0.39, 0.29) is 23.3 Å². The maximum atomic E-state index is 13.8. The van der Waals surface area contributed by atoms with Crippen LogP contribution in [0.4, 0.5) is 8.78 Å². The third-order valence-electron chi connectivity index (χ3n) is 2.90. The van der Waals surface area contributed by atoms with E-state index in [1.165, 1.54) is 0 Å². The monoisotopic (exact) mass is 295 g/mol. The summed E-state index contributed by atoms with van der Waals surface area (Å²) in [6.45, 7) is 0. The predicted octanol–water partition coefficient (Wildman–Crippen LogP) is 1.74. The van der Waals surface area contributed by atoms with Crippen LogP contribution in [0.15, 0.2) is 29.2 Å². The number of aromatic hydroxyl groups is 1. The van der Waals surface area contributed by atoms with Gasteiger partial charge in [-0.25, -0.2) is 13.6 Å². The van der Waals surface area contributed by atoms with Gasteiger partial charge in [-0.15, -0.1) is 0 Å². The lowest BCUT2D eigenvalue weighted by molar-refractivity contribution is 0.0595. The Labute approximate surface area is 117 Å². The SMILES string of the molecule is COC(=O)c1cc(O)c(Cc2cc(F)c[nH]c2=O)cc1F. The summed E-state index contributed by atoms with van der Waals surface area (Å²) in [5.41, 5.74) is -0.896. The van der Waals surface area contributed by atoms with Gasteiger partial charge >= 0.3 is 5.97 Å². The van der Waals surface area contributed by atoms with Crippen LogP contribution < -0.4 is 5.56 Å². The number of aromatic nitrogens is 1. The Kier molecular flexibility index (Phi) is 4.02. The molecule has 2 N–H and O–H groups in total. The number of esters is 1. The number of hydrogen-bond donors (Lipinski definition) is 2. The van der Waals surface area contributed by atoms with E-state index in [4.69, 9.17) is 0 Å². The molecule has 1 aromatic carbocycles. The minimum absolute atomic E-state index is 0.0236. The predicted molar refractivity (Wildman–Crippen MR) is 69.2 cm³/mol. The number of carbonyl (C=O) groups excluding carboxylic acids is 1. The highest BCUT2D eigenvalue weighted by molar-refractivity contribution is 5.90. The van der Waals surface area contributed by atoms with Crippen LogP contribution >= 0.6 is 0 Å². The lowest BCUT2D eigenvalue weighted by atomic mass is 10.0. The van der Waals surface area contributed by atoms with Crippen LogP contribution in [0.1, 0.15) is 21.5 Å². The van der Waals surface area contributed by atoms with Crippen LogP contribution in [0.2, 0.25) is 0 Å². The molecule has 0 spiro atoms. The number of rotatable bonds is 3. The van der Waals surface area contributed by atoms with Crippen LogP contribution in [0.3, 0.4) is 0 Å². The van der Waals surface area contributed by atoms with Crippen molar-refractivity contribution < 1.29 is 23.4 Å². The molecule has 110 valence electrons. The molecule has 0 saturated heterocycles. The number of carbonyl (C=O) groups is 1. The minimum atomic E-state index is -0.932. The van der Waals surface area contributed by atoms with Gasteiger partial charge in [-0.3, -0.25) is 4.79 Å². The summed E-state index contributed by atoms with van der Waals surface area (Å²) in [6.07, 6.45) is 0.712. The zero-order valence-electron chi connectivity index (χ0n) is 10.9. The number of nitrogens with one attached hydrogen (secondary N) is 1. The van der Waals surface area contributed by atoms with E-state index in [1.807, 2.05) is 0 Å². The second-order valence-electron chi connectivity index (χ2n) is 4.30. The fourth-order valence-electron chi connectivity index (χ4n) is 1.85. The van der Waals surface area contributed by atoms with Gasteiger partial charge in [0.25, 0.3) is 5.56 Å². The highest BCUT2D eigenvalue weighted by Crippen LogP contribution is 2.24. The van der Waals surface area contributed by atoms with Crippen molar-refractivity contribution in [2.75, 3.05) is 7.11 Å². The summed E-state index contributed by atoms with van der Waals surface area (Å²) < 4.78 is 31.2. The molecule has 0 radical (unpaired) electrons. The van der Waals surface area contributed by atoms with Crippen molar-refractivity contribution in [1.29, 1.82) is 0 Å². The molecule has 1 aromatic heterocycles. The quantitative estimate of drug-likeness (QED) is 0.845. The molecule has 7 heteroatoms. The van der Waals surface area contributed by atoms with Crippen molar-refractivity contribution >= 4 is 5.97 Å². The molecule has 21 heavy (non-hydrogen) atoms. The molecule has 0 amide bonds. The first-order valence-electron chi connectivity index (χ1n) is 5.89. The summed E-state index contributed by atoms with van der Waals surface area (Å²) >= 11 is 0. The van der Waals surface area contributed by atoms with Crippen LogP contribution in [-0.2, 0) is 11.2 Å². The number of benzene rings is 1. The summed E-state index contributed by atoms with van der Waals surface area (Å²) in [4.78, 5) is 25.0. The first-order chi connectivity index (χ1) is 9.92. The molecule has 0 bridgehead atoms. The van der Waals surface area contributed by atoms with Gasteiger partial charge in [-0.05, 0) is 18.2 Å². The molecule has 0 fully saturated rings. The normalized spacial score (nSPS) is 10.4. The van der Waals surface area contributed by atoms with Gasteiger partial charge < -0.3 is 14.8 Å². The fraction of sp³-hybridized carbons (Fsp3) is 0.143.